The maximum Gasteiger partial charge on any atom is -0.00359 e. The summed E-state index contributed by atoms with van der Waals surface area (Å²) in [6.45, 7) is 16.5. The van der Waals surface area contributed by atoms with Crippen LogP contribution in [0.1, 0.15) is 95.8 Å². The Morgan fingerprint density at radius 2 is 2.00 bits per heavy atom. The average molecular weight is 325 g/mol. The molecule has 24 heavy (non-hydrogen) atoms. The van der Waals surface area contributed by atoms with Gasteiger partial charge in [0.15, 0.2) is 0 Å². The van der Waals surface area contributed by atoms with Gasteiger partial charge in [0, 0.05) is 0 Å². The topological polar surface area (TPSA) is 0 Å². The number of rotatable bonds is 4. The number of hydrogen-bond donors (Lipinski definition) is 0. The number of allylic oxidation sites excluding steroid dienone is 1. The van der Waals surface area contributed by atoms with Gasteiger partial charge in [0.05, 0.1) is 0 Å². The van der Waals surface area contributed by atoms with Crippen molar-refractivity contribution < 1.29 is 0 Å². The first-order valence-corrected chi connectivity index (χ1v) is 10.1. The number of aryl methyl sites for hydroxylation is 1. The fraction of sp³-hybridized carbons (Fsp3) is 0.667. The molecule has 0 saturated heterocycles. The van der Waals surface area contributed by atoms with Crippen molar-refractivity contribution in [1.82, 2.24) is 0 Å². The zero-order valence-electron chi connectivity index (χ0n) is 16.5. The van der Waals surface area contributed by atoms with E-state index in [1.807, 2.05) is 0 Å². The maximum absolute atomic E-state index is 4.56. The van der Waals surface area contributed by atoms with E-state index in [4.69, 9.17) is 0 Å². The van der Waals surface area contributed by atoms with Crippen LogP contribution in [0.3, 0.4) is 0 Å². The van der Waals surface area contributed by atoms with E-state index in [-0.39, 0.29) is 0 Å². The van der Waals surface area contributed by atoms with Crippen LogP contribution in [0.25, 0.3) is 0 Å². The van der Waals surface area contributed by atoms with Crippen molar-refractivity contribution in [1.29, 1.82) is 0 Å². The summed E-state index contributed by atoms with van der Waals surface area (Å²) in [5.41, 5.74) is 6.97. The van der Waals surface area contributed by atoms with Gasteiger partial charge in [0.2, 0.25) is 0 Å². The third-order valence-electron chi connectivity index (χ3n) is 7.40. The molecule has 1 saturated carbocycles. The monoisotopic (exact) mass is 324 g/mol. The summed E-state index contributed by atoms with van der Waals surface area (Å²) in [4.78, 5) is 0. The molecule has 2 aliphatic rings. The van der Waals surface area contributed by atoms with Gasteiger partial charge in [-0.25, -0.2) is 0 Å². The molecule has 0 N–H and O–H groups in total. The molecule has 0 heterocycles. The Balaban J connectivity index is 2.02. The zero-order chi connectivity index (χ0) is 17.5. The molecule has 0 spiro atoms. The quantitative estimate of drug-likeness (QED) is 0.515. The maximum atomic E-state index is 4.56. The minimum absolute atomic E-state index is 0.331. The molecule has 1 aromatic rings. The molecule has 3 unspecified atom stereocenters. The van der Waals surface area contributed by atoms with Crippen LogP contribution < -0.4 is 0 Å². The molecule has 0 nitrogen and oxygen atoms in total. The van der Waals surface area contributed by atoms with Gasteiger partial charge in [-0.2, -0.15) is 0 Å². The van der Waals surface area contributed by atoms with Crippen molar-refractivity contribution in [2.45, 2.75) is 90.9 Å². The predicted octanol–water partition coefficient (Wildman–Crippen LogP) is 7.18. The first-order valence-electron chi connectivity index (χ1n) is 10.1. The van der Waals surface area contributed by atoms with E-state index in [0.29, 0.717) is 16.7 Å². The molecule has 2 aliphatic carbocycles. The second-order valence-corrected chi connectivity index (χ2v) is 9.20. The molecule has 0 amide bonds. The van der Waals surface area contributed by atoms with Crippen LogP contribution in [-0.4, -0.2) is 0 Å². The Bertz CT molecular complexity index is 623. The number of hydrogen-bond acceptors (Lipinski definition) is 0. The van der Waals surface area contributed by atoms with Crippen LogP contribution in [0, 0.1) is 11.3 Å². The SMILES string of the molecule is C=C(CCC)C1(C)CCCC2(C)c3ccc(C(C)C)cc3CCC12. The van der Waals surface area contributed by atoms with E-state index in [1.54, 1.807) is 11.1 Å². The van der Waals surface area contributed by atoms with Crippen molar-refractivity contribution in [2.75, 3.05) is 0 Å². The Morgan fingerprint density at radius 3 is 2.67 bits per heavy atom. The Labute approximate surface area is 149 Å². The van der Waals surface area contributed by atoms with Crippen LogP contribution in [0.5, 0.6) is 0 Å². The summed E-state index contributed by atoms with van der Waals surface area (Å²) >= 11 is 0. The fourth-order valence-corrected chi connectivity index (χ4v) is 5.88. The summed E-state index contributed by atoms with van der Waals surface area (Å²) < 4.78 is 0. The standard InChI is InChI=1S/C24H36/c1-7-9-18(4)23(5)14-8-15-24(6)21-12-10-19(17(2)3)16-20(21)11-13-22(23)24/h10,12,16-17,22H,4,7-9,11,13-15H2,1-3,5-6H3. The van der Waals surface area contributed by atoms with Gasteiger partial charge in [-0.3, -0.25) is 0 Å². The van der Waals surface area contributed by atoms with Gasteiger partial charge in [-0.1, -0.05) is 77.8 Å². The largest absolute Gasteiger partial charge is 0.0993 e. The third-order valence-corrected chi connectivity index (χ3v) is 7.40. The fourth-order valence-electron chi connectivity index (χ4n) is 5.88. The van der Waals surface area contributed by atoms with Gasteiger partial charge < -0.3 is 0 Å². The Kier molecular flexibility index (Phi) is 4.71. The molecule has 0 bridgehead atoms. The minimum Gasteiger partial charge on any atom is -0.0993 e. The van der Waals surface area contributed by atoms with Gasteiger partial charge in [-0.15, -0.1) is 0 Å². The summed E-state index contributed by atoms with van der Waals surface area (Å²) in [7, 11) is 0. The predicted molar refractivity (Wildman–Crippen MR) is 106 cm³/mol. The van der Waals surface area contributed by atoms with Gasteiger partial charge in [0.25, 0.3) is 0 Å². The van der Waals surface area contributed by atoms with Crippen LogP contribution in [-0.2, 0) is 11.8 Å². The van der Waals surface area contributed by atoms with Crippen LogP contribution >= 0.6 is 0 Å². The van der Waals surface area contributed by atoms with Crippen molar-refractivity contribution >= 4 is 0 Å². The highest BCUT2D eigenvalue weighted by atomic mass is 14.6. The van der Waals surface area contributed by atoms with Crippen molar-refractivity contribution in [3.05, 3.63) is 47.0 Å². The molecular weight excluding hydrogens is 288 g/mol. The van der Waals surface area contributed by atoms with E-state index in [2.05, 4.69) is 59.4 Å². The van der Waals surface area contributed by atoms with Crippen LogP contribution in [0.2, 0.25) is 0 Å². The highest BCUT2D eigenvalue weighted by molar-refractivity contribution is 5.43. The molecule has 1 aromatic carbocycles. The zero-order valence-corrected chi connectivity index (χ0v) is 16.5. The Morgan fingerprint density at radius 1 is 1.25 bits per heavy atom. The second-order valence-electron chi connectivity index (χ2n) is 9.20. The lowest BCUT2D eigenvalue weighted by molar-refractivity contribution is 0.0519. The molecule has 3 atom stereocenters. The Hall–Kier alpha value is -1.04. The van der Waals surface area contributed by atoms with Crippen LogP contribution in [0.4, 0.5) is 0 Å². The van der Waals surface area contributed by atoms with E-state index in [1.165, 1.54) is 56.1 Å². The highest BCUT2D eigenvalue weighted by Crippen LogP contribution is 2.60. The molecular formula is C24H36. The van der Waals surface area contributed by atoms with Gasteiger partial charge >= 0.3 is 0 Å². The summed E-state index contributed by atoms with van der Waals surface area (Å²) in [6.07, 6.45) is 9.05. The molecule has 0 heteroatoms. The number of fused-ring (bicyclic) bond motifs is 3. The summed E-state index contributed by atoms with van der Waals surface area (Å²) in [5, 5.41) is 0. The number of benzene rings is 1. The van der Waals surface area contributed by atoms with Crippen LogP contribution in [0.15, 0.2) is 30.4 Å². The lowest BCUT2D eigenvalue weighted by Crippen LogP contribution is -2.49. The minimum atomic E-state index is 0.331. The lowest BCUT2D eigenvalue weighted by atomic mass is 9.48. The van der Waals surface area contributed by atoms with E-state index in [9.17, 15) is 0 Å². The molecule has 0 aliphatic heterocycles. The van der Waals surface area contributed by atoms with Crippen molar-refractivity contribution in [2.24, 2.45) is 11.3 Å². The molecule has 132 valence electrons. The van der Waals surface area contributed by atoms with Crippen molar-refractivity contribution in [3.63, 3.8) is 0 Å². The lowest BCUT2D eigenvalue weighted by Gasteiger charge is -2.56. The van der Waals surface area contributed by atoms with Gasteiger partial charge in [-0.05, 0) is 71.5 Å². The third kappa shape index (κ3) is 2.67. The normalized spacial score (nSPS) is 32.3. The summed E-state index contributed by atoms with van der Waals surface area (Å²) in [6, 6.07) is 7.38. The second kappa shape index (κ2) is 6.36. The smallest absolute Gasteiger partial charge is 0.00359 e. The first-order chi connectivity index (χ1) is 11.3. The first kappa shape index (κ1) is 17.8. The van der Waals surface area contributed by atoms with Crippen molar-refractivity contribution in [3.8, 4) is 0 Å². The average Bonchev–Trinajstić information content (AvgIpc) is 2.54. The molecule has 3 rings (SSSR count). The highest BCUT2D eigenvalue weighted by Gasteiger charge is 2.52. The van der Waals surface area contributed by atoms with E-state index in [0.717, 1.165) is 5.92 Å². The van der Waals surface area contributed by atoms with E-state index < -0.39 is 0 Å². The molecule has 0 aromatic heterocycles. The summed E-state index contributed by atoms with van der Waals surface area (Å²) in [5.74, 6) is 1.39. The van der Waals surface area contributed by atoms with E-state index >= 15 is 0 Å². The molecule has 0 radical (unpaired) electrons. The van der Waals surface area contributed by atoms with Gasteiger partial charge in [0.1, 0.15) is 0 Å². The molecule has 1 fully saturated rings.